The molecule has 1 aromatic carbocycles. The number of nitrogens with one attached hydrogen (secondary N) is 2. The molecule has 0 bridgehead atoms. The van der Waals surface area contributed by atoms with E-state index in [-0.39, 0.29) is 25.6 Å². The van der Waals surface area contributed by atoms with Crippen LogP contribution in [0.3, 0.4) is 0 Å². The molecule has 11 heteroatoms. The predicted octanol–water partition coefficient (Wildman–Crippen LogP) is 2.31. The zero-order valence-corrected chi connectivity index (χ0v) is 20.4. The van der Waals surface area contributed by atoms with Gasteiger partial charge in [-0.05, 0) is 74.2 Å². The Labute approximate surface area is 199 Å². The lowest BCUT2D eigenvalue weighted by Gasteiger charge is -2.28. The molecule has 2 amide bonds. The smallest absolute Gasteiger partial charge is 0.307 e. The molecule has 1 fully saturated rings. The number of fused-ring (bicyclic) bond motifs is 2. The number of likely N-dealkylation sites (N-methyl/N-ethyl adjacent to an activating group) is 1. The Morgan fingerprint density at radius 1 is 1.18 bits per heavy atom. The van der Waals surface area contributed by atoms with Crippen LogP contribution in [0.1, 0.15) is 41.5 Å². The fourth-order valence-corrected chi connectivity index (χ4v) is 6.71. The van der Waals surface area contributed by atoms with E-state index in [1.807, 2.05) is 0 Å². The highest BCUT2D eigenvalue weighted by atomic mass is 32.2. The van der Waals surface area contributed by atoms with Crippen LogP contribution in [0.25, 0.3) is 0 Å². The van der Waals surface area contributed by atoms with E-state index in [0.717, 1.165) is 59.6 Å². The Morgan fingerprint density at radius 2 is 1.85 bits per heavy atom. The second kappa shape index (κ2) is 8.84. The molecular weight excluding hydrogens is 459 g/mol. The van der Waals surface area contributed by atoms with Crippen LogP contribution < -0.4 is 14.3 Å². The number of carbonyl (C=O) groups excluding carboxylic acids is 1. The summed E-state index contributed by atoms with van der Waals surface area (Å²) in [5, 5.41) is 6.95. The van der Waals surface area contributed by atoms with Crippen molar-refractivity contribution in [2.24, 2.45) is 7.05 Å². The van der Waals surface area contributed by atoms with E-state index in [9.17, 15) is 17.6 Å². The molecule has 34 heavy (non-hydrogen) atoms. The molecule has 9 nitrogen and oxygen atoms in total. The van der Waals surface area contributed by atoms with Crippen molar-refractivity contribution >= 4 is 27.6 Å². The average molecular weight is 491 g/mol. The number of aryl methyl sites for hydroxylation is 3. The van der Waals surface area contributed by atoms with Crippen LogP contribution in [0.4, 0.5) is 20.6 Å². The zero-order chi connectivity index (χ0) is 24.0. The average Bonchev–Trinajstić information content (AvgIpc) is 3.53. The van der Waals surface area contributed by atoms with Crippen LogP contribution in [-0.2, 0) is 42.9 Å². The van der Waals surface area contributed by atoms with Gasteiger partial charge < -0.3 is 5.32 Å². The highest BCUT2D eigenvalue weighted by Crippen LogP contribution is 2.38. The number of rotatable bonds is 6. The van der Waals surface area contributed by atoms with Crippen LogP contribution in [0.15, 0.2) is 18.5 Å². The van der Waals surface area contributed by atoms with E-state index in [0.29, 0.717) is 5.69 Å². The summed E-state index contributed by atoms with van der Waals surface area (Å²) < 4.78 is 45.5. The first kappa shape index (κ1) is 23.1. The van der Waals surface area contributed by atoms with Crippen molar-refractivity contribution in [1.29, 1.82) is 0 Å². The third-order valence-corrected chi connectivity index (χ3v) is 8.60. The van der Waals surface area contributed by atoms with Crippen molar-refractivity contribution in [2.45, 2.75) is 57.2 Å². The third-order valence-electron chi connectivity index (χ3n) is 7.22. The molecule has 2 N–H and O–H groups in total. The second-order valence-corrected chi connectivity index (χ2v) is 11.2. The molecule has 1 saturated heterocycles. The molecule has 1 aromatic heterocycles. The number of nitrogens with zero attached hydrogens (tertiary/aromatic N) is 4. The first-order valence-electron chi connectivity index (χ1n) is 11.8. The lowest BCUT2D eigenvalue weighted by molar-refractivity contribution is 0.256. The van der Waals surface area contributed by atoms with E-state index in [1.165, 1.54) is 22.0 Å². The van der Waals surface area contributed by atoms with Gasteiger partial charge in [-0.25, -0.2) is 18.2 Å². The fraction of sp³-hybridized carbons (Fsp3) is 0.565. The molecule has 184 valence electrons. The summed E-state index contributed by atoms with van der Waals surface area (Å²) in [6, 6.07) is 1.16. The number of hydrogen-bond acceptors (Lipinski definition) is 5. The molecule has 0 spiro atoms. The highest BCUT2D eigenvalue weighted by Gasteiger charge is 2.35. The largest absolute Gasteiger partial charge is 0.334 e. The van der Waals surface area contributed by atoms with Gasteiger partial charge in [0.25, 0.3) is 0 Å². The van der Waals surface area contributed by atoms with E-state index >= 15 is 0 Å². The normalized spacial score (nSPS) is 22.0. The van der Waals surface area contributed by atoms with Gasteiger partial charge in [0.15, 0.2) is 0 Å². The summed E-state index contributed by atoms with van der Waals surface area (Å²) in [7, 11) is -0.812. The third kappa shape index (κ3) is 4.38. The van der Waals surface area contributed by atoms with Crippen molar-refractivity contribution in [3.63, 3.8) is 0 Å². The molecular formula is C23H31FN6O3S. The summed E-state index contributed by atoms with van der Waals surface area (Å²) in [4.78, 5) is 14.8. The molecule has 2 aromatic rings. The van der Waals surface area contributed by atoms with Gasteiger partial charge in [-0.15, -0.1) is 0 Å². The Hall–Kier alpha value is -2.66. The topological polar surface area (TPSA) is 99.6 Å². The van der Waals surface area contributed by atoms with Crippen molar-refractivity contribution in [3.05, 3.63) is 40.7 Å². The Kier molecular flexibility index (Phi) is 6.01. The quantitative estimate of drug-likeness (QED) is 0.648. The maximum atomic E-state index is 13.9. The van der Waals surface area contributed by atoms with Crippen molar-refractivity contribution in [3.8, 4) is 0 Å². The maximum absolute atomic E-state index is 13.9. The molecule has 0 saturated carbocycles. The van der Waals surface area contributed by atoms with Gasteiger partial charge in [-0.2, -0.15) is 13.5 Å². The van der Waals surface area contributed by atoms with Crippen molar-refractivity contribution < 1.29 is 17.6 Å². The van der Waals surface area contributed by atoms with Crippen LogP contribution >= 0.6 is 0 Å². The Balaban J connectivity index is 1.38. The van der Waals surface area contributed by atoms with Gasteiger partial charge in [0.1, 0.15) is 6.17 Å². The van der Waals surface area contributed by atoms with E-state index in [4.69, 9.17) is 0 Å². The van der Waals surface area contributed by atoms with Gasteiger partial charge in [-0.3, -0.25) is 9.58 Å². The molecule has 2 aliphatic carbocycles. The summed E-state index contributed by atoms with van der Waals surface area (Å²) >= 11 is 0. The summed E-state index contributed by atoms with van der Waals surface area (Å²) in [5.74, 6) is 0. The van der Waals surface area contributed by atoms with Crippen molar-refractivity contribution in [1.82, 2.24) is 19.4 Å². The molecule has 2 heterocycles. The molecule has 1 unspecified atom stereocenters. The van der Waals surface area contributed by atoms with E-state index in [2.05, 4.69) is 21.2 Å². The lowest BCUT2D eigenvalue weighted by Crippen LogP contribution is -2.49. The van der Waals surface area contributed by atoms with Crippen LogP contribution in [-0.4, -0.2) is 61.5 Å². The maximum Gasteiger partial charge on any atom is 0.334 e. The second-order valence-electron chi connectivity index (χ2n) is 9.62. The van der Waals surface area contributed by atoms with E-state index < -0.39 is 22.4 Å². The number of carbonyl (C=O) groups is 1. The van der Waals surface area contributed by atoms with Gasteiger partial charge in [0.05, 0.1) is 18.4 Å². The molecule has 2 atom stereocenters. The van der Waals surface area contributed by atoms with Gasteiger partial charge in [-0.1, -0.05) is 6.07 Å². The predicted molar refractivity (Wildman–Crippen MR) is 128 cm³/mol. The number of benzene rings is 1. The van der Waals surface area contributed by atoms with E-state index in [1.54, 1.807) is 25.2 Å². The summed E-state index contributed by atoms with van der Waals surface area (Å²) in [5.41, 5.74) is 5.85. The van der Waals surface area contributed by atoms with Gasteiger partial charge >= 0.3 is 16.2 Å². The number of halogens is 1. The van der Waals surface area contributed by atoms with Gasteiger partial charge in [0, 0.05) is 31.5 Å². The molecule has 3 aliphatic rings. The number of aromatic nitrogens is 2. The number of anilines is 2. The standard InChI is InChI=1S/C23H31FN6O3S/c1-28-12-17(24)10-18(28)14-30(19-11-25-29(2)13-19)34(32,33)27-23(31)26-22-20-7-3-5-15(20)9-16-6-4-8-21(16)22/h9,11,13,17-18H,3-8,10,12,14H2,1-2H3,(H2,26,27,31)/t17-,18?/m0/s1. The Morgan fingerprint density at radius 3 is 2.41 bits per heavy atom. The number of likely N-dealkylation sites (tertiary alicyclic amines) is 1. The first-order valence-corrected chi connectivity index (χ1v) is 13.3. The monoisotopic (exact) mass is 490 g/mol. The minimum atomic E-state index is -4.27. The number of urea groups is 1. The molecule has 1 aliphatic heterocycles. The Bertz CT molecular complexity index is 1180. The van der Waals surface area contributed by atoms with Crippen LogP contribution in [0.5, 0.6) is 0 Å². The minimum absolute atomic E-state index is 0.0152. The highest BCUT2D eigenvalue weighted by molar-refractivity contribution is 7.91. The lowest BCUT2D eigenvalue weighted by atomic mass is 9.99. The molecule has 5 rings (SSSR count). The fourth-order valence-electron chi connectivity index (χ4n) is 5.57. The SMILES string of the molecule is CN1C[C@@H](F)CC1CN(c1cnn(C)c1)S(=O)(=O)NC(=O)Nc1c2c(cc3c1CCC3)CCC2. The summed E-state index contributed by atoms with van der Waals surface area (Å²) in [6.45, 7) is 0.269. The zero-order valence-electron chi connectivity index (χ0n) is 19.6. The van der Waals surface area contributed by atoms with Crippen LogP contribution in [0, 0.1) is 0 Å². The minimum Gasteiger partial charge on any atom is -0.307 e. The number of hydrogen-bond donors (Lipinski definition) is 2. The number of amides is 2. The first-order chi connectivity index (χ1) is 16.2. The van der Waals surface area contributed by atoms with Gasteiger partial charge in [0.2, 0.25) is 0 Å². The van der Waals surface area contributed by atoms with Crippen molar-refractivity contribution in [2.75, 3.05) is 29.8 Å². The number of alkyl halides is 1. The van der Waals surface area contributed by atoms with Crippen LogP contribution in [0.2, 0.25) is 0 Å². The molecule has 0 radical (unpaired) electrons. The summed E-state index contributed by atoms with van der Waals surface area (Å²) in [6.07, 6.45) is 8.01.